The maximum Gasteiger partial charge on any atom is 0.251 e. The Hall–Kier alpha value is -1.58. The molecular weight excluding hydrogens is 207 g/mol. The molecule has 88 valence electrons. The Bertz CT molecular complexity index is 375. The normalized spacial score (nSPS) is 10.5. The maximum atomic E-state index is 13.1. The quantitative estimate of drug-likeness (QED) is 0.771. The predicted molar refractivity (Wildman–Crippen MR) is 62.6 cm³/mol. The predicted octanol–water partition coefficient (Wildman–Crippen LogP) is 2.33. The lowest BCUT2D eigenvalue weighted by molar-refractivity contribution is 0.0934. The summed E-state index contributed by atoms with van der Waals surface area (Å²) in [4.78, 5) is 11.7. The molecule has 0 aliphatic carbocycles. The monoisotopic (exact) mass is 224 g/mol. The molecule has 0 unspecified atom stereocenters. The smallest absolute Gasteiger partial charge is 0.251 e. The number of nitrogens with two attached hydrogens (primary N) is 1. The van der Waals surface area contributed by atoms with Crippen molar-refractivity contribution < 1.29 is 9.18 Å². The van der Waals surface area contributed by atoms with Crippen LogP contribution in [0.2, 0.25) is 0 Å². The maximum absolute atomic E-state index is 13.1. The average molecular weight is 224 g/mol. The van der Waals surface area contributed by atoms with Crippen LogP contribution in [0.25, 0.3) is 0 Å². The van der Waals surface area contributed by atoms with E-state index in [-0.39, 0.29) is 17.6 Å². The molecule has 0 heterocycles. The minimum Gasteiger partial charge on any atom is -0.396 e. The summed E-state index contributed by atoms with van der Waals surface area (Å²) in [5, 5.41) is 2.83. The highest BCUT2D eigenvalue weighted by Gasteiger charge is 2.11. The van der Waals surface area contributed by atoms with E-state index in [9.17, 15) is 9.18 Å². The van der Waals surface area contributed by atoms with Crippen LogP contribution in [-0.4, -0.2) is 11.9 Å². The lowest BCUT2D eigenvalue weighted by Gasteiger charge is -2.14. The van der Waals surface area contributed by atoms with E-state index in [4.69, 9.17) is 5.73 Å². The van der Waals surface area contributed by atoms with Crippen molar-refractivity contribution in [3.8, 4) is 0 Å². The van der Waals surface area contributed by atoms with E-state index in [1.807, 2.05) is 13.8 Å². The molecule has 0 aliphatic rings. The SMILES string of the molecule is CCC(CC)NC(=O)c1ccc(N)c(F)c1. The number of carbonyl (C=O) groups excluding carboxylic acids is 1. The molecule has 0 radical (unpaired) electrons. The lowest BCUT2D eigenvalue weighted by atomic mass is 10.1. The summed E-state index contributed by atoms with van der Waals surface area (Å²) in [6, 6.07) is 4.22. The number of carbonyl (C=O) groups is 1. The number of anilines is 1. The Balaban J connectivity index is 2.76. The Labute approximate surface area is 94.8 Å². The second-order valence-corrected chi connectivity index (χ2v) is 3.72. The van der Waals surface area contributed by atoms with Crippen molar-refractivity contribution in [2.45, 2.75) is 32.7 Å². The fourth-order valence-corrected chi connectivity index (χ4v) is 1.43. The zero-order valence-electron chi connectivity index (χ0n) is 9.59. The molecule has 0 bridgehead atoms. The summed E-state index contributed by atoms with van der Waals surface area (Å²) in [6.07, 6.45) is 1.72. The van der Waals surface area contributed by atoms with Crippen LogP contribution in [0.15, 0.2) is 18.2 Å². The van der Waals surface area contributed by atoms with E-state index in [2.05, 4.69) is 5.32 Å². The van der Waals surface area contributed by atoms with Gasteiger partial charge in [-0.2, -0.15) is 0 Å². The molecule has 16 heavy (non-hydrogen) atoms. The van der Waals surface area contributed by atoms with Crippen LogP contribution in [0.5, 0.6) is 0 Å². The second-order valence-electron chi connectivity index (χ2n) is 3.72. The standard InChI is InChI=1S/C12H17FN2O/c1-3-9(4-2)15-12(16)8-5-6-11(14)10(13)7-8/h5-7,9H,3-4,14H2,1-2H3,(H,15,16). The number of benzene rings is 1. The lowest BCUT2D eigenvalue weighted by Crippen LogP contribution is -2.33. The number of hydrogen-bond donors (Lipinski definition) is 2. The van der Waals surface area contributed by atoms with Gasteiger partial charge in [-0.15, -0.1) is 0 Å². The molecule has 4 heteroatoms. The number of amides is 1. The fraction of sp³-hybridized carbons (Fsp3) is 0.417. The number of halogens is 1. The van der Waals surface area contributed by atoms with E-state index in [1.54, 1.807) is 0 Å². The van der Waals surface area contributed by atoms with E-state index < -0.39 is 5.82 Å². The van der Waals surface area contributed by atoms with Crippen molar-refractivity contribution in [1.29, 1.82) is 0 Å². The summed E-state index contributed by atoms with van der Waals surface area (Å²) in [5.74, 6) is -0.815. The molecule has 1 amide bonds. The van der Waals surface area contributed by atoms with Crippen molar-refractivity contribution >= 4 is 11.6 Å². The van der Waals surface area contributed by atoms with Crippen molar-refractivity contribution in [1.82, 2.24) is 5.32 Å². The number of nitrogens with one attached hydrogen (secondary N) is 1. The third-order valence-electron chi connectivity index (χ3n) is 2.58. The molecule has 3 nitrogen and oxygen atoms in total. The summed E-state index contributed by atoms with van der Waals surface area (Å²) >= 11 is 0. The van der Waals surface area contributed by atoms with Crippen LogP contribution in [0, 0.1) is 5.82 Å². The van der Waals surface area contributed by atoms with Gasteiger partial charge in [-0.3, -0.25) is 4.79 Å². The zero-order chi connectivity index (χ0) is 12.1. The molecule has 1 aromatic rings. The van der Waals surface area contributed by atoms with Crippen molar-refractivity contribution in [2.75, 3.05) is 5.73 Å². The molecule has 0 saturated carbocycles. The third kappa shape index (κ3) is 2.95. The highest BCUT2D eigenvalue weighted by molar-refractivity contribution is 5.94. The largest absolute Gasteiger partial charge is 0.396 e. The highest BCUT2D eigenvalue weighted by Crippen LogP contribution is 2.12. The van der Waals surface area contributed by atoms with Gasteiger partial charge >= 0.3 is 0 Å². The van der Waals surface area contributed by atoms with Crippen molar-refractivity contribution in [3.63, 3.8) is 0 Å². The van der Waals surface area contributed by atoms with Gasteiger partial charge in [0.05, 0.1) is 5.69 Å². The Kier molecular flexibility index (Phi) is 4.28. The Morgan fingerprint density at radius 2 is 2.06 bits per heavy atom. The second kappa shape index (κ2) is 5.49. The Morgan fingerprint density at radius 3 is 2.56 bits per heavy atom. The average Bonchev–Trinajstić information content (AvgIpc) is 2.29. The molecule has 0 spiro atoms. The summed E-state index contributed by atoms with van der Waals surface area (Å²) < 4.78 is 13.1. The zero-order valence-corrected chi connectivity index (χ0v) is 9.59. The topological polar surface area (TPSA) is 55.1 Å². The minimum atomic E-state index is -0.558. The van der Waals surface area contributed by atoms with Gasteiger partial charge in [0.15, 0.2) is 0 Å². The molecular formula is C12H17FN2O. The van der Waals surface area contributed by atoms with Crippen LogP contribution >= 0.6 is 0 Å². The first kappa shape index (κ1) is 12.5. The van der Waals surface area contributed by atoms with Gasteiger partial charge in [0.1, 0.15) is 5.82 Å². The summed E-state index contributed by atoms with van der Waals surface area (Å²) in [7, 11) is 0. The first-order chi connectivity index (χ1) is 7.58. The summed E-state index contributed by atoms with van der Waals surface area (Å²) in [5.41, 5.74) is 5.69. The van der Waals surface area contributed by atoms with E-state index in [0.29, 0.717) is 5.56 Å². The van der Waals surface area contributed by atoms with Gasteiger partial charge in [0.25, 0.3) is 5.91 Å². The molecule has 3 N–H and O–H groups in total. The van der Waals surface area contributed by atoms with Gasteiger partial charge < -0.3 is 11.1 Å². The number of nitrogen functional groups attached to an aromatic ring is 1. The van der Waals surface area contributed by atoms with Gasteiger partial charge in [-0.1, -0.05) is 13.8 Å². The molecule has 1 rings (SSSR count). The van der Waals surface area contributed by atoms with Gasteiger partial charge in [0.2, 0.25) is 0 Å². The van der Waals surface area contributed by atoms with E-state index in [1.165, 1.54) is 12.1 Å². The van der Waals surface area contributed by atoms with Crippen LogP contribution in [0.4, 0.5) is 10.1 Å². The molecule has 0 atom stereocenters. The first-order valence-corrected chi connectivity index (χ1v) is 5.44. The molecule has 0 saturated heterocycles. The van der Waals surface area contributed by atoms with Gasteiger partial charge in [0, 0.05) is 11.6 Å². The first-order valence-electron chi connectivity index (χ1n) is 5.44. The number of rotatable bonds is 4. The summed E-state index contributed by atoms with van der Waals surface area (Å²) in [6.45, 7) is 4.00. The van der Waals surface area contributed by atoms with Crippen molar-refractivity contribution in [3.05, 3.63) is 29.6 Å². The van der Waals surface area contributed by atoms with Crippen LogP contribution < -0.4 is 11.1 Å². The fourth-order valence-electron chi connectivity index (χ4n) is 1.43. The van der Waals surface area contributed by atoms with Crippen LogP contribution in [0.3, 0.4) is 0 Å². The van der Waals surface area contributed by atoms with E-state index in [0.717, 1.165) is 18.9 Å². The van der Waals surface area contributed by atoms with Crippen LogP contribution in [-0.2, 0) is 0 Å². The van der Waals surface area contributed by atoms with Crippen molar-refractivity contribution in [2.24, 2.45) is 0 Å². The van der Waals surface area contributed by atoms with Crippen LogP contribution in [0.1, 0.15) is 37.0 Å². The minimum absolute atomic E-state index is 0.0547. The van der Waals surface area contributed by atoms with Gasteiger partial charge in [-0.25, -0.2) is 4.39 Å². The molecule has 0 aromatic heterocycles. The number of hydrogen-bond acceptors (Lipinski definition) is 2. The molecule has 1 aromatic carbocycles. The van der Waals surface area contributed by atoms with Gasteiger partial charge in [-0.05, 0) is 31.0 Å². The molecule has 0 aliphatic heterocycles. The Morgan fingerprint density at radius 1 is 1.44 bits per heavy atom. The molecule has 0 fully saturated rings. The highest BCUT2D eigenvalue weighted by atomic mass is 19.1. The van der Waals surface area contributed by atoms with E-state index >= 15 is 0 Å². The third-order valence-corrected chi connectivity index (χ3v) is 2.58.